The predicted molar refractivity (Wildman–Crippen MR) is 124 cm³/mol. The van der Waals surface area contributed by atoms with E-state index in [4.69, 9.17) is 9.16 Å². The van der Waals surface area contributed by atoms with Crippen molar-refractivity contribution in [3.05, 3.63) is 23.3 Å². The first-order chi connectivity index (χ1) is 12.9. The molecular formula is C24H46O3Si. The molecule has 0 aromatic rings. The summed E-state index contributed by atoms with van der Waals surface area (Å²) in [5.74, 6) is 0.0497. The van der Waals surface area contributed by atoms with Crippen molar-refractivity contribution in [2.75, 3.05) is 13.2 Å². The molecule has 0 aliphatic heterocycles. The zero-order valence-corrected chi connectivity index (χ0v) is 21.2. The lowest BCUT2D eigenvalue weighted by molar-refractivity contribution is -0.143. The molecule has 0 spiro atoms. The van der Waals surface area contributed by atoms with Crippen LogP contribution < -0.4 is 0 Å². The normalized spacial score (nSPS) is 14.0. The highest BCUT2D eigenvalue weighted by Gasteiger charge is 2.45. The average molecular weight is 411 g/mol. The van der Waals surface area contributed by atoms with Crippen LogP contribution in [0.5, 0.6) is 0 Å². The Morgan fingerprint density at radius 3 is 1.89 bits per heavy atom. The lowest BCUT2D eigenvalue weighted by atomic mass is 10.1. The molecule has 0 aromatic carbocycles. The lowest BCUT2D eigenvalue weighted by Crippen LogP contribution is -2.48. The van der Waals surface area contributed by atoms with Gasteiger partial charge in [-0.1, -0.05) is 65.7 Å². The number of carbonyl (C=O) groups excluding carboxylic acids is 1. The molecule has 0 amide bonds. The first-order valence-electron chi connectivity index (χ1n) is 11.0. The highest BCUT2D eigenvalue weighted by Crippen LogP contribution is 2.42. The summed E-state index contributed by atoms with van der Waals surface area (Å²) >= 11 is 0. The van der Waals surface area contributed by atoms with E-state index in [1.165, 1.54) is 11.1 Å². The average Bonchev–Trinajstić information content (AvgIpc) is 2.53. The molecule has 0 aliphatic carbocycles. The van der Waals surface area contributed by atoms with Crippen molar-refractivity contribution in [3.8, 4) is 0 Å². The molecule has 164 valence electrons. The number of hydrogen-bond donors (Lipinski definition) is 0. The topological polar surface area (TPSA) is 35.5 Å². The highest BCUT2D eigenvalue weighted by atomic mass is 28.4. The molecule has 0 aliphatic rings. The number of rotatable bonds is 13. The maximum Gasteiger partial charge on any atom is 0.306 e. The SMILES string of the molecule is CC(C)=CCC/C(C)=C/COC(=O)C[C@H](C)CO[Si](C(C)C)(C(C)C)C(C)C. The van der Waals surface area contributed by atoms with Gasteiger partial charge in [0.2, 0.25) is 0 Å². The van der Waals surface area contributed by atoms with E-state index in [1.54, 1.807) is 0 Å². The number of hydrogen-bond acceptors (Lipinski definition) is 3. The second kappa shape index (κ2) is 13.4. The van der Waals surface area contributed by atoms with Crippen LogP contribution in [0.1, 0.15) is 88.5 Å². The van der Waals surface area contributed by atoms with Gasteiger partial charge in [-0.3, -0.25) is 4.79 Å². The summed E-state index contributed by atoms with van der Waals surface area (Å²) < 4.78 is 12.0. The molecule has 0 fully saturated rings. The fraction of sp³-hybridized carbons (Fsp3) is 0.792. The van der Waals surface area contributed by atoms with Crippen molar-refractivity contribution in [3.63, 3.8) is 0 Å². The molecule has 0 rings (SSSR count). The van der Waals surface area contributed by atoms with Crippen molar-refractivity contribution < 1.29 is 14.0 Å². The highest BCUT2D eigenvalue weighted by molar-refractivity contribution is 6.77. The second-order valence-electron chi connectivity index (χ2n) is 9.49. The van der Waals surface area contributed by atoms with Crippen molar-refractivity contribution in [2.24, 2.45) is 5.92 Å². The zero-order chi connectivity index (χ0) is 21.9. The molecule has 1 atom stereocenters. The largest absolute Gasteiger partial charge is 0.461 e. The third kappa shape index (κ3) is 9.55. The molecule has 4 heteroatoms. The van der Waals surface area contributed by atoms with E-state index in [1.807, 2.05) is 6.08 Å². The van der Waals surface area contributed by atoms with Crippen molar-refractivity contribution in [1.82, 2.24) is 0 Å². The summed E-state index contributed by atoms with van der Waals surface area (Å²) in [6, 6.07) is 0. The van der Waals surface area contributed by atoms with Gasteiger partial charge in [0.05, 0.1) is 6.42 Å². The summed E-state index contributed by atoms with van der Waals surface area (Å²) in [6.45, 7) is 23.2. The van der Waals surface area contributed by atoms with E-state index in [2.05, 4.69) is 75.3 Å². The molecule has 0 saturated carbocycles. The van der Waals surface area contributed by atoms with E-state index < -0.39 is 8.32 Å². The standard InChI is InChI=1S/C24H46O3Si/c1-18(2)12-11-13-22(9)14-15-26-24(25)16-23(10)17-27-28(19(3)4,20(5)6)21(7)8/h12,14,19-21,23H,11,13,15-17H2,1-10H3/b22-14+/t23-/m0/s1. The van der Waals surface area contributed by atoms with Gasteiger partial charge >= 0.3 is 5.97 Å². The molecule has 0 bridgehead atoms. The third-order valence-electron chi connectivity index (χ3n) is 5.61. The lowest BCUT2D eigenvalue weighted by Gasteiger charge is -2.42. The van der Waals surface area contributed by atoms with E-state index in [9.17, 15) is 4.79 Å². The number of ether oxygens (including phenoxy) is 1. The first kappa shape index (κ1) is 27.1. The van der Waals surface area contributed by atoms with Crippen molar-refractivity contribution in [1.29, 1.82) is 0 Å². The van der Waals surface area contributed by atoms with Crippen LogP contribution in [0.4, 0.5) is 0 Å². The van der Waals surface area contributed by atoms with Crippen LogP contribution in [0.3, 0.4) is 0 Å². The van der Waals surface area contributed by atoms with E-state index >= 15 is 0 Å². The Morgan fingerprint density at radius 1 is 0.893 bits per heavy atom. The maximum absolute atomic E-state index is 12.2. The fourth-order valence-corrected chi connectivity index (χ4v) is 9.73. The Hall–Kier alpha value is -0.873. The predicted octanol–water partition coefficient (Wildman–Crippen LogP) is 7.44. The van der Waals surface area contributed by atoms with Crippen LogP contribution in [-0.4, -0.2) is 27.5 Å². The van der Waals surface area contributed by atoms with Crippen LogP contribution in [0.2, 0.25) is 16.6 Å². The summed E-state index contributed by atoms with van der Waals surface area (Å²) in [5, 5.41) is 0. The van der Waals surface area contributed by atoms with Crippen LogP contribution in [0, 0.1) is 5.92 Å². The molecule has 0 heterocycles. The molecule has 0 unspecified atom stereocenters. The Kier molecular flexibility index (Phi) is 13.0. The van der Waals surface area contributed by atoms with Crippen LogP contribution >= 0.6 is 0 Å². The van der Waals surface area contributed by atoms with Gasteiger partial charge in [-0.2, -0.15) is 0 Å². The second-order valence-corrected chi connectivity index (χ2v) is 15.0. The molecule has 0 saturated heterocycles. The summed E-state index contributed by atoms with van der Waals surface area (Å²) in [7, 11) is -1.87. The van der Waals surface area contributed by atoms with Crippen LogP contribution in [0.15, 0.2) is 23.3 Å². The Labute approximate surface area is 176 Å². The number of esters is 1. The van der Waals surface area contributed by atoms with Gasteiger partial charge in [0, 0.05) is 6.61 Å². The fourth-order valence-electron chi connectivity index (χ4n) is 4.16. The molecular weight excluding hydrogens is 364 g/mol. The minimum absolute atomic E-state index is 0.129. The minimum Gasteiger partial charge on any atom is -0.461 e. The molecule has 28 heavy (non-hydrogen) atoms. The van der Waals surface area contributed by atoms with Gasteiger partial charge in [-0.05, 0) is 62.2 Å². The van der Waals surface area contributed by atoms with Gasteiger partial charge in [-0.15, -0.1) is 0 Å². The van der Waals surface area contributed by atoms with Gasteiger partial charge < -0.3 is 9.16 Å². The number of carbonyl (C=O) groups is 1. The van der Waals surface area contributed by atoms with Crippen molar-refractivity contribution in [2.45, 2.75) is 105 Å². The smallest absolute Gasteiger partial charge is 0.306 e. The monoisotopic (exact) mass is 410 g/mol. The van der Waals surface area contributed by atoms with Gasteiger partial charge in [0.1, 0.15) is 6.61 Å². The van der Waals surface area contributed by atoms with E-state index in [0.29, 0.717) is 36.3 Å². The summed E-state index contributed by atoms with van der Waals surface area (Å²) in [6.07, 6.45) is 6.73. The van der Waals surface area contributed by atoms with E-state index in [-0.39, 0.29) is 11.9 Å². The Balaban J connectivity index is 4.46. The van der Waals surface area contributed by atoms with Crippen LogP contribution in [-0.2, 0) is 14.0 Å². The van der Waals surface area contributed by atoms with Gasteiger partial charge in [0.25, 0.3) is 0 Å². The van der Waals surface area contributed by atoms with Gasteiger partial charge in [0.15, 0.2) is 8.32 Å². The minimum atomic E-state index is -1.87. The molecule has 0 N–H and O–H groups in total. The zero-order valence-electron chi connectivity index (χ0n) is 20.2. The van der Waals surface area contributed by atoms with E-state index in [0.717, 1.165) is 12.8 Å². The Morgan fingerprint density at radius 2 is 1.43 bits per heavy atom. The quantitative estimate of drug-likeness (QED) is 0.180. The molecule has 0 radical (unpaired) electrons. The summed E-state index contributed by atoms with van der Waals surface area (Å²) in [4.78, 5) is 12.2. The molecule has 0 aromatic heterocycles. The Bertz CT molecular complexity index is 492. The van der Waals surface area contributed by atoms with Gasteiger partial charge in [-0.25, -0.2) is 0 Å². The van der Waals surface area contributed by atoms with Crippen molar-refractivity contribution >= 4 is 14.3 Å². The third-order valence-corrected chi connectivity index (χ3v) is 11.7. The van der Waals surface area contributed by atoms with Crippen LogP contribution in [0.25, 0.3) is 0 Å². The summed E-state index contributed by atoms with van der Waals surface area (Å²) in [5.41, 5.74) is 4.29. The number of allylic oxidation sites excluding steroid dienone is 3. The maximum atomic E-state index is 12.2. The first-order valence-corrected chi connectivity index (χ1v) is 13.2. The molecule has 3 nitrogen and oxygen atoms in total.